The molecular formula is C62H111NO5. The van der Waals surface area contributed by atoms with Crippen molar-refractivity contribution < 1.29 is 24.5 Å². The van der Waals surface area contributed by atoms with E-state index in [0.29, 0.717) is 19.3 Å². The highest BCUT2D eigenvalue weighted by Gasteiger charge is 2.24. The summed E-state index contributed by atoms with van der Waals surface area (Å²) >= 11 is 0. The first-order valence-corrected chi connectivity index (χ1v) is 29.2. The van der Waals surface area contributed by atoms with E-state index in [1.807, 2.05) is 60.8 Å². The van der Waals surface area contributed by atoms with Gasteiger partial charge in [0, 0.05) is 6.42 Å². The van der Waals surface area contributed by atoms with Crippen molar-refractivity contribution >= 4 is 11.9 Å². The van der Waals surface area contributed by atoms with Crippen LogP contribution in [0.4, 0.5) is 0 Å². The Hall–Kier alpha value is -2.70. The molecule has 0 aliphatic carbocycles. The van der Waals surface area contributed by atoms with Crippen molar-refractivity contribution in [3.63, 3.8) is 0 Å². The number of esters is 1. The van der Waals surface area contributed by atoms with Crippen LogP contribution in [0.2, 0.25) is 0 Å². The molecule has 394 valence electrons. The Bertz CT molecular complexity index is 1250. The molecule has 0 radical (unpaired) electrons. The second kappa shape index (κ2) is 55.2. The zero-order chi connectivity index (χ0) is 49.5. The van der Waals surface area contributed by atoms with Gasteiger partial charge in [-0.15, -0.1) is 0 Å². The van der Waals surface area contributed by atoms with E-state index >= 15 is 0 Å². The van der Waals surface area contributed by atoms with Crippen LogP contribution in [0.1, 0.15) is 284 Å². The number of amides is 1. The lowest BCUT2D eigenvalue weighted by Gasteiger charge is -2.24. The lowest BCUT2D eigenvalue weighted by Crippen LogP contribution is -2.46. The third-order valence-corrected chi connectivity index (χ3v) is 13.2. The monoisotopic (exact) mass is 950 g/mol. The van der Waals surface area contributed by atoms with Crippen LogP contribution in [0.25, 0.3) is 0 Å². The number of unbranched alkanes of at least 4 members (excludes halogenated alkanes) is 33. The van der Waals surface area contributed by atoms with Crippen LogP contribution >= 0.6 is 0 Å². The van der Waals surface area contributed by atoms with Crippen molar-refractivity contribution in [3.05, 3.63) is 72.9 Å². The molecule has 0 fully saturated rings. The van der Waals surface area contributed by atoms with Crippen LogP contribution in [0, 0.1) is 0 Å². The number of hydrogen-bond acceptors (Lipinski definition) is 5. The summed E-state index contributed by atoms with van der Waals surface area (Å²) in [7, 11) is 0. The van der Waals surface area contributed by atoms with Crippen LogP contribution in [-0.2, 0) is 14.3 Å². The molecule has 3 unspecified atom stereocenters. The third kappa shape index (κ3) is 49.7. The molecule has 0 aliphatic rings. The first kappa shape index (κ1) is 65.3. The molecule has 0 saturated heterocycles. The van der Waals surface area contributed by atoms with Crippen molar-refractivity contribution in [2.45, 2.75) is 302 Å². The number of rotatable bonds is 52. The minimum Gasteiger partial charge on any atom is -0.462 e. The molecule has 6 heteroatoms. The zero-order valence-electron chi connectivity index (χ0n) is 45.0. The average molecular weight is 951 g/mol. The number of aliphatic hydroxyl groups is 2. The van der Waals surface area contributed by atoms with Gasteiger partial charge in [0.1, 0.15) is 6.10 Å². The Morgan fingerprint density at radius 2 is 0.794 bits per heavy atom. The molecule has 0 aromatic carbocycles. The Morgan fingerprint density at radius 1 is 0.441 bits per heavy atom. The van der Waals surface area contributed by atoms with Crippen LogP contribution in [0.15, 0.2) is 72.9 Å². The Morgan fingerprint density at radius 3 is 1.18 bits per heavy atom. The third-order valence-electron chi connectivity index (χ3n) is 13.2. The maximum atomic E-state index is 13.3. The SMILES string of the molecule is CC\C=C/C=C/C=C/C=C\C=C\C=C\CCCC(CC(=O)NC(CO)C(O)CCCCCCCCCCCCCCCCC)OC(=O)CCCCCCCCCCCCCCCCCCCCC. The van der Waals surface area contributed by atoms with E-state index in [1.165, 1.54) is 180 Å². The number of carbonyl (C=O) groups excluding carboxylic acids is 2. The van der Waals surface area contributed by atoms with Gasteiger partial charge in [-0.25, -0.2) is 0 Å². The summed E-state index contributed by atoms with van der Waals surface area (Å²) in [6.45, 7) is 6.35. The highest BCUT2D eigenvalue weighted by molar-refractivity contribution is 5.77. The van der Waals surface area contributed by atoms with Gasteiger partial charge in [-0.05, 0) is 38.5 Å². The quantitative estimate of drug-likeness (QED) is 0.0321. The number of allylic oxidation sites excluding steroid dienone is 12. The van der Waals surface area contributed by atoms with Crippen molar-refractivity contribution in [3.8, 4) is 0 Å². The maximum absolute atomic E-state index is 13.3. The van der Waals surface area contributed by atoms with E-state index in [0.717, 1.165) is 57.8 Å². The van der Waals surface area contributed by atoms with Gasteiger partial charge in [-0.1, -0.05) is 306 Å². The van der Waals surface area contributed by atoms with Gasteiger partial charge in [0.2, 0.25) is 5.91 Å². The Labute approximate surface area is 421 Å². The first-order chi connectivity index (χ1) is 33.5. The molecule has 0 aromatic rings. The van der Waals surface area contributed by atoms with Gasteiger partial charge < -0.3 is 20.3 Å². The minimum atomic E-state index is -0.810. The average Bonchev–Trinajstić information content (AvgIpc) is 3.33. The summed E-state index contributed by atoms with van der Waals surface area (Å²) in [4.78, 5) is 26.3. The summed E-state index contributed by atoms with van der Waals surface area (Å²) < 4.78 is 5.93. The van der Waals surface area contributed by atoms with E-state index < -0.39 is 18.2 Å². The van der Waals surface area contributed by atoms with E-state index in [9.17, 15) is 19.8 Å². The molecule has 0 rings (SSSR count). The van der Waals surface area contributed by atoms with Crippen LogP contribution < -0.4 is 5.32 Å². The van der Waals surface area contributed by atoms with Gasteiger partial charge in [-0.2, -0.15) is 0 Å². The lowest BCUT2D eigenvalue weighted by molar-refractivity contribution is -0.151. The van der Waals surface area contributed by atoms with Crippen molar-refractivity contribution in [1.82, 2.24) is 5.32 Å². The van der Waals surface area contributed by atoms with E-state index in [2.05, 4.69) is 38.2 Å². The highest BCUT2D eigenvalue weighted by atomic mass is 16.5. The molecule has 0 aliphatic heterocycles. The molecule has 1 amide bonds. The zero-order valence-corrected chi connectivity index (χ0v) is 45.0. The normalized spacial score (nSPS) is 13.7. The first-order valence-electron chi connectivity index (χ1n) is 29.2. The fraction of sp³-hybridized carbons (Fsp3) is 0.774. The van der Waals surface area contributed by atoms with Crippen molar-refractivity contribution in [2.75, 3.05) is 6.61 Å². The fourth-order valence-corrected chi connectivity index (χ4v) is 8.82. The largest absolute Gasteiger partial charge is 0.462 e. The van der Waals surface area contributed by atoms with E-state index in [4.69, 9.17) is 4.74 Å². The summed E-state index contributed by atoms with van der Waals surface area (Å²) in [5, 5.41) is 23.9. The standard InChI is InChI=1S/C62H111NO5/c1-4-7-10-13-16-19-22-25-28-29-30-31-34-37-40-43-46-49-52-55-62(67)68-58(53-50-47-44-41-38-35-32-26-23-20-17-14-11-8-5-2)56-61(66)63-59(57-64)60(65)54-51-48-45-42-39-36-33-27-24-21-18-15-12-9-6-3/h8,11,14,17,20,23,26,32,35,38,41,44,58-60,64-65H,4-7,9-10,12-13,15-16,18-19,21-22,24-25,27-31,33-34,36-37,39-40,42-43,45-57H2,1-3H3,(H,63,66)/b11-8-,17-14+,23-20+,32-26-,38-35+,44-41+. The molecule has 0 bridgehead atoms. The molecule has 68 heavy (non-hydrogen) atoms. The molecule has 0 aromatic heterocycles. The number of aliphatic hydroxyl groups excluding tert-OH is 2. The second-order valence-electron chi connectivity index (χ2n) is 19.8. The molecule has 3 atom stereocenters. The number of hydrogen-bond donors (Lipinski definition) is 3. The predicted octanol–water partition coefficient (Wildman–Crippen LogP) is 18.1. The molecule has 6 nitrogen and oxygen atoms in total. The molecule has 0 heterocycles. The predicted molar refractivity (Wildman–Crippen MR) is 296 cm³/mol. The van der Waals surface area contributed by atoms with Gasteiger partial charge in [-0.3, -0.25) is 9.59 Å². The van der Waals surface area contributed by atoms with Crippen LogP contribution in [0.3, 0.4) is 0 Å². The highest BCUT2D eigenvalue weighted by Crippen LogP contribution is 2.18. The van der Waals surface area contributed by atoms with Gasteiger partial charge >= 0.3 is 5.97 Å². The molecule has 0 saturated carbocycles. The van der Waals surface area contributed by atoms with E-state index in [1.54, 1.807) is 0 Å². The van der Waals surface area contributed by atoms with Gasteiger partial charge in [0.05, 0.1) is 25.2 Å². The van der Waals surface area contributed by atoms with Gasteiger partial charge in [0.25, 0.3) is 0 Å². The molecule has 3 N–H and O–H groups in total. The second-order valence-corrected chi connectivity index (χ2v) is 19.8. The fourth-order valence-electron chi connectivity index (χ4n) is 8.82. The lowest BCUT2D eigenvalue weighted by atomic mass is 10.0. The van der Waals surface area contributed by atoms with Crippen molar-refractivity contribution in [2.24, 2.45) is 0 Å². The summed E-state index contributed by atoms with van der Waals surface area (Å²) in [6.07, 6.45) is 71.2. The van der Waals surface area contributed by atoms with E-state index in [-0.39, 0.29) is 24.9 Å². The Balaban J connectivity index is 4.61. The Kier molecular flexibility index (Phi) is 53.0. The number of carbonyl (C=O) groups is 2. The van der Waals surface area contributed by atoms with Crippen molar-refractivity contribution in [1.29, 1.82) is 0 Å². The number of nitrogens with one attached hydrogen (secondary N) is 1. The topological polar surface area (TPSA) is 95.9 Å². The van der Waals surface area contributed by atoms with Gasteiger partial charge in [0.15, 0.2) is 0 Å². The summed E-state index contributed by atoms with van der Waals surface area (Å²) in [5.74, 6) is -0.540. The molecular weight excluding hydrogens is 839 g/mol. The maximum Gasteiger partial charge on any atom is 0.306 e. The van der Waals surface area contributed by atoms with Crippen LogP contribution in [0.5, 0.6) is 0 Å². The summed E-state index contributed by atoms with van der Waals surface area (Å²) in [6, 6.07) is -0.728. The molecule has 0 spiro atoms. The number of ether oxygens (including phenoxy) is 1. The van der Waals surface area contributed by atoms with Crippen LogP contribution in [-0.4, -0.2) is 46.9 Å². The summed E-state index contributed by atoms with van der Waals surface area (Å²) in [5.41, 5.74) is 0. The smallest absolute Gasteiger partial charge is 0.306 e. The minimum absolute atomic E-state index is 0.0269.